The number of hydrogen-bond donors (Lipinski definition) is 0. The number of hydrogen-bond acceptors (Lipinski definition) is 3. The molecule has 14 heavy (non-hydrogen) atoms. The maximum absolute atomic E-state index is 11.1. The quantitative estimate of drug-likeness (QED) is 0.601. The Morgan fingerprint density at radius 3 is 2.57 bits per heavy atom. The number of carbonyl (C=O) groups is 1. The smallest absolute Gasteiger partial charge is 0.143 e. The number of ketones is 1. The molecule has 0 radical (unpaired) electrons. The maximum Gasteiger partial charge on any atom is 0.143 e. The zero-order valence-corrected chi connectivity index (χ0v) is 10.5. The van der Waals surface area contributed by atoms with Gasteiger partial charge in [-0.2, -0.15) is 0 Å². The van der Waals surface area contributed by atoms with Crippen LogP contribution in [0.4, 0.5) is 0 Å². The van der Waals surface area contributed by atoms with Crippen LogP contribution >= 0.6 is 15.9 Å². The first-order chi connectivity index (χ1) is 6.74. The van der Waals surface area contributed by atoms with Crippen molar-refractivity contribution in [3.05, 3.63) is 0 Å². The van der Waals surface area contributed by atoms with Crippen LogP contribution in [0.1, 0.15) is 26.7 Å². The Bertz CT molecular complexity index is 150. The number of ether oxygens (including phenoxy) is 2. The van der Waals surface area contributed by atoms with Crippen molar-refractivity contribution < 1.29 is 14.3 Å². The molecule has 0 amide bonds. The van der Waals surface area contributed by atoms with Gasteiger partial charge in [-0.1, -0.05) is 15.9 Å². The van der Waals surface area contributed by atoms with Gasteiger partial charge in [0.1, 0.15) is 5.78 Å². The summed E-state index contributed by atoms with van der Waals surface area (Å²) in [7, 11) is 0. The number of rotatable bonds is 9. The minimum Gasteiger partial charge on any atom is -0.379 e. The van der Waals surface area contributed by atoms with Gasteiger partial charge in [0.05, 0.1) is 18.0 Å². The normalized spacial score (nSPS) is 12.8. The van der Waals surface area contributed by atoms with Gasteiger partial charge in [-0.05, 0) is 20.3 Å². The standard InChI is InChI=1S/C10H19BrO3/c1-3-13-8-10(14-4-2)6-5-9(12)7-11/h10H,3-8H2,1-2H3. The second kappa shape index (κ2) is 9.62. The van der Waals surface area contributed by atoms with Crippen LogP contribution in [-0.4, -0.2) is 37.0 Å². The van der Waals surface area contributed by atoms with Crippen LogP contribution in [0.5, 0.6) is 0 Å². The van der Waals surface area contributed by atoms with E-state index in [-0.39, 0.29) is 11.9 Å². The van der Waals surface area contributed by atoms with Gasteiger partial charge in [-0.3, -0.25) is 4.79 Å². The van der Waals surface area contributed by atoms with Crippen molar-refractivity contribution in [2.24, 2.45) is 0 Å². The Morgan fingerprint density at radius 2 is 2.07 bits per heavy atom. The number of halogens is 1. The van der Waals surface area contributed by atoms with Crippen molar-refractivity contribution in [3.63, 3.8) is 0 Å². The molecule has 84 valence electrons. The van der Waals surface area contributed by atoms with Gasteiger partial charge >= 0.3 is 0 Å². The van der Waals surface area contributed by atoms with E-state index in [1.807, 2.05) is 13.8 Å². The van der Waals surface area contributed by atoms with Crippen LogP contribution in [0.15, 0.2) is 0 Å². The van der Waals surface area contributed by atoms with Gasteiger partial charge in [0.2, 0.25) is 0 Å². The fourth-order valence-corrected chi connectivity index (χ4v) is 1.37. The minimum atomic E-state index is 0.0583. The number of alkyl halides is 1. The fraction of sp³-hybridized carbons (Fsp3) is 0.900. The molecule has 0 rings (SSSR count). The minimum absolute atomic E-state index is 0.0583. The van der Waals surface area contributed by atoms with Crippen molar-refractivity contribution in [2.75, 3.05) is 25.2 Å². The van der Waals surface area contributed by atoms with E-state index in [2.05, 4.69) is 15.9 Å². The van der Waals surface area contributed by atoms with Crippen molar-refractivity contribution >= 4 is 21.7 Å². The summed E-state index contributed by atoms with van der Waals surface area (Å²) in [6.45, 7) is 5.84. The highest BCUT2D eigenvalue weighted by molar-refractivity contribution is 9.09. The molecule has 0 heterocycles. The Labute approximate surface area is 94.3 Å². The monoisotopic (exact) mass is 266 g/mol. The summed E-state index contributed by atoms with van der Waals surface area (Å²) in [4.78, 5) is 11.1. The third kappa shape index (κ3) is 7.47. The lowest BCUT2D eigenvalue weighted by Gasteiger charge is -2.15. The average Bonchev–Trinajstić information content (AvgIpc) is 2.21. The van der Waals surface area contributed by atoms with E-state index in [0.717, 1.165) is 6.42 Å². The van der Waals surface area contributed by atoms with Crippen molar-refractivity contribution in [1.29, 1.82) is 0 Å². The molecule has 4 heteroatoms. The number of Topliss-reactive ketones (excluding diaryl/α,β-unsaturated/α-hetero) is 1. The molecule has 0 saturated carbocycles. The van der Waals surface area contributed by atoms with Gasteiger partial charge in [0.25, 0.3) is 0 Å². The van der Waals surface area contributed by atoms with E-state index in [9.17, 15) is 4.79 Å². The first kappa shape index (κ1) is 14.1. The van der Waals surface area contributed by atoms with Crippen molar-refractivity contribution in [3.8, 4) is 0 Å². The highest BCUT2D eigenvalue weighted by Gasteiger charge is 2.10. The van der Waals surface area contributed by atoms with E-state index in [4.69, 9.17) is 9.47 Å². The van der Waals surface area contributed by atoms with E-state index in [0.29, 0.717) is 31.6 Å². The van der Waals surface area contributed by atoms with Crippen molar-refractivity contribution in [1.82, 2.24) is 0 Å². The zero-order chi connectivity index (χ0) is 10.8. The lowest BCUT2D eigenvalue weighted by Crippen LogP contribution is -2.21. The Hall–Kier alpha value is 0.0700. The molecule has 0 bridgehead atoms. The molecule has 0 aromatic rings. The molecule has 0 aliphatic heterocycles. The molecule has 0 saturated heterocycles. The molecule has 1 atom stereocenters. The molecular weight excluding hydrogens is 248 g/mol. The SMILES string of the molecule is CCOCC(CCC(=O)CBr)OCC. The lowest BCUT2D eigenvalue weighted by atomic mass is 10.1. The van der Waals surface area contributed by atoms with Crippen LogP contribution in [-0.2, 0) is 14.3 Å². The predicted molar refractivity (Wildman–Crippen MR) is 59.9 cm³/mol. The molecule has 0 spiro atoms. The summed E-state index contributed by atoms with van der Waals surface area (Å²) < 4.78 is 10.7. The first-order valence-electron chi connectivity index (χ1n) is 5.01. The summed E-state index contributed by atoms with van der Waals surface area (Å²) in [5, 5.41) is 0.431. The van der Waals surface area contributed by atoms with E-state index < -0.39 is 0 Å². The third-order valence-corrected chi connectivity index (χ3v) is 2.43. The van der Waals surface area contributed by atoms with Crippen LogP contribution < -0.4 is 0 Å². The molecule has 0 aliphatic carbocycles. The van der Waals surface area contributed by atoms with Crippen LogP contribution in [0.3, 0.4) is 0 Å². The van der Waals surface area contributed by atoms with E-state index in [1.54, 1.807) is 0 Å². The molecule has 0 aromatic heterocycles. The third-order valence-electron chi connectivity index (χ3n) is 1.80. The highest BCUT2D eigenvalue weighted by Crippen LogP contribution is 2.05. The number of carbonyl (C=O) groups excluding carboxylic acids is 1. The topological polar surface area (TPSA) is 35.5 Å². The summed E-state index contributed by atoms with van der Waals surface area (Å²) in [5.41, 5.74) is 0. The van der Waals surface area contributed by atoms with Crippen LogP contribution in [0.2, 0.25) is 0 Å². The molecule has 0 fully saturated rings. The van der Waals surface area contributed by atoms with Gasteiger partial charge in [-0.25, -0.2) is 0 Å². The highest BCUT2D eigenvalue weighted by atomic mass is 79.9. The largest absolute Gasteiger partial charge is 0.379 e. The summed E-state index contributed by atoms with van der Waals surface area (Å²) >= 11 is 3.13. The zero-order valence-electron chi connectivity index (χ0n) is 8.92. The molecule has 1 unspecified atom stereocenters. The summed E-state index contributed by atoms with van der Waals surface area (Å²) in [5.74, 6) is 0.214. The maximum atomic E-state index is 11.1. The molecule has 0 aliphatic rings. The van der Waals surface area contributed by atoms with Gasteiger partial charge in [-0.15, -0.1) is 0 Å². The fourth-order valence-electron chi connectivity index (χ4n) is 1.09. The molecular formula is C10H19BrO3. The van der Waals surface area contributed by atoms with Gasteiger partial charge < -0.3 is 9.47 Å². The second-order valence-corrected chi connectivity index (χ2v) is 3.51. The Morgan fingerprint density at radius 1 is 1.36 bits per heavy atom. The molecule has 0 aromatic carbocycles. The van der Waals surface area contributed by atoms with E-state index in [1.165, 1.54) is 0 Å². The van der Waals surface area contributed by atoms with Crippen molar-refractivity contribution in [2.45, 2.75) is 32.8 Å². The van der Waals surface area contributed by atoms with Gasteiger partial charge in [0, 0.05) is 19.6 Å². The Kier molecular flexibility index (Phi) is 9.67. The first-order valence-corrected chi connectivity index (χ1v) is 6.13. The summed E-state index contributed by atoms with van der Waals surface area (Å²) in [6, 6.07) is 0. The lowest BCUT2D eigenvalue weighted by molar-refractivity contribution is -0.117. The molecule has 0 N–H and O–H groups in total. The van der Waals surface area contributed by atoms with E-state index >= 15 is 0 Å². The van der Waals surface area contributed by atoms with Crippen LogP contribution in [0.25, 0.3) is 0 Å². The Balaban J connectivity index is 3.66. The molecule has 3 nitrogen and oxygen atoms in total. The second-order valence-electron chi connectivity index (χ2n) is 2.95. The van der Waals surface area contributed by atoms with Gasteiger partial charge in [0.15, 0.2) is 0 Å². The predicted octanol–water partition coefficient (Wildman–Crippen LogP) is 2.17. The average molecular weight is 267 g/mol. The van der Waals surface area contributed by atoms with Crippen LogP contribution in [0, 0.1) is 0 Å². The summed E-state index contributed by atoms with van der Waals surface area (Å²) in [6.07, 6.45) is 1.37.